The predicted molar refractivity (Wildman–Crippen MR) is 71.1 cm³/mol. The molecule has 0 atom stereocenters. The zero-order valence-corrected chi connectivity index (χ0v) is 11.1. The van der Waals surface area contributed by atoms with Crippen molar-refractivity contribution < 1.29 is 4.39 Å². The molecule has 1 heterocycles. The van der Waals surface area contributed by atoms with Crippen molar-refractivity contribution in [3.63, 3.8) is 0 Å². The molecule has 6 heteroatoms. The van der Waals surface area contributed by atoms with Gasteiger partial charge in [0.05, 0.1) is 5.88 Å². The van der Waals surface area contributed by atoms with Crippen LogP contribution in [0, 0.1) is 5.82 Å². The van der Waals surface area contributed by atoms with E-state index in [0.717, 1.165) is 5.69 Å². The van der Waals surface area contributed by atoms with Gasteiger partial charge in [-0.05, 0) is 24.3 Å². The Kier molecular flexibility index (Phi) is 3.99. The third-order valence-corrected chi connectivity index (χ3v) is 3.13. The van der Waals surface area contributed by atoms with Crippen LogP contribution < -0.4 is 4.90 Å². The van der Waals surface area contributed by atoms with Crippen molar-refractivity contribution in [1.29, 1.82) is 0 Å². The normalized spacial score (nSPS) is 10.4. The van der Waals surface area contributed by atoms with E-state index in [1.54, 1.807) is 17.0 Å². The van der Waals surface area contributed by atoms with Gasteiger partial charge in [-0.3, -0.25) is 0 Å². The molecule has 0 spiro atoms. The third kappa shape index (κ3) is 2.54. The number of hydrogen-bond acceptors (Lipinski definition) is 3. The van der Waals surface area contributed by atoms with Crippen LogP contribution in [0.2, 0.25) is 5.15 Å². The fraction of sp³-hybridized carbons (Fsp3) is 0.167. The number of nitrogens with zero attached hydrogens (tertiary/aromatic N) is 3. The Labute approximate surface area is 114 Å². The first-order valence-electron chi connectivity index (χ1n) is 5.18. The van der Waals surface area contributed by atoms with Crippen LogP contribution in [0.5, 0.6) is 0 Å². The van der Waals surface area contributed by atoms with Gasteiger partial charge < -0.3 is 4.90 Å². The monoisotopic (exact) mass is 285 g/mol. The average molecular weight is 286 g/mol. The summed E-state index contributed by atoms with van der Waals surface area (Å²) < 4.78 is 12.9. The van der Waals surface area contributed by atoms with E-state index in [4.69, 9.17) is 23.2 Å². The highest BCUT2D eigenvalue weighted by Crippen LogP contribution is 2.29. The second-order valence-corrected chi connectivity index (χ2v) is 4.26. The molecule has 0 bridgehead atoms. The Morgan fingerprint density at radius 3 is 2.50 bits per heavy atom. The molecule has 1 aromatic heterocycles. The molecule has 3 nitrogen and oxygen atoms in total. The number of benzene rings is 1. The van der Waals surface area contributed by atoms with Crippen molar-refractivity contribution in [2.75, 3.05) is 11.9 Å². The third-order valence-electron chi connectivity index (χ3n) is 2.54. The van der Waals surface area contributed by atoms with Gasteiger partial charge in [0.2, 0.25) is 0 Å². The molecule has 94 valence electrons. The fourth-order valence-electron chi connectivity index (χ4n) is 1.57. The summed E-state index contributed by atoms with van der Waals surface area (Å²) in [6.07, 6.45) is 1.37. The largest absolute Gasteiger partial charge is 0.329 e. The minimum Gasteiger partial charge on any atom is -0.329 e. The molecule has 2 rings (SSSR count). The lowest BCUT2D eigenvalue weighted by Gasteiger charge is -2.20. The zero-order chi connectivity index (χ0) is 13.1. The molecule has 0 saturated carbocycles. The van der Waals surface area contributed by atoms with Gasteiger partial charge in [-0.1, -0.05) is 11.6 Å². The van der Waals surface area contributed by atoms with Gasteiger partial charge in [0.1, 0.15) is 23.1 Å². The fourth-order valence-corrected chi connectivity index (χ4v) is 2.08. The van der Waals surface area contributed by atoms with Crippen molar-refractivity contribution in [1.82, 2.24) is 9.97 Å². The summed E-state index contributed by atoms with van der Waals surface area (Å²) in [6.45, 7) is 0. The number of halogens is 3. The molecule has 0 radical (unpaired) electrons. The maximum Gasteiger partial charge on any atom is 0.142 e. The number of alkyl halides is 1. The second-order valence-electron chi connectivity index (χ2n) is 3.64. The standard InChI is InChI=1S/C12H10Cl2FN3/c1-18(9-4-2-8(15)3-5-9)12-10(6-13)11(14)16-7-17-12/h2-5,7H,6H2,1H3. The first-order valence-corrected chi connectivity index (χ1v) is 6.09. The van der Waals surface area contributed by atoms with Crippen LogP contribution in [-0.2, 0) is 5.88 Å². The molecule has 0 N–H and O–H groups in total. The number of anilines is 2. The molecule has 0 aliphatic rings. The van der Waals surface area contributed by atoms with Crippen LogP contribution >= 0.6 is 23.2 Å². The summed E-state index contributed by atoms with van der Waals surface area (Å²) in [4.78, 5) is 9.83. The number of hydrogen-bond donors (Lipinski definition) is 0. The van der Waals surface area contributed by atoms with E-state index in [0.29, 0.717) is 16.5 Å². The molecular formula is C12H10Cl2FN3. The van der Waals surface area contributed by atoms with Gasteiger partial charge in [-0.25, -0.2) is 14.4 Å². The van der Waals surface area contributed by atoms with Gasteiger partial charge >= 0.3 is 0 Å². The SMILES string of the molecule is CN(c1ccc(F)cc1)c1ncnc(Cl)c1CCl. The Bertz CT molecular complexity index is 546. The molecule has 1 aromatic carbocycles. The van der Waals surface area contributed by atoms with Crippen LogP contribution in [0.3, 0.4) is 0 Å². The van der Waals surface area contributed by atoms with E-state index in [2.05, 4.69) is 9.97 Å². The topological polar surface area (TPSA) is 29.0 Å². The molecule has 0 aliphatic heterocycles. The second kappa shape index (κ2) is 5.50. The van der Waals surface area contributed by atoms with Crippen molar-refractivity contribution in [2.45, 2.75) is 5.88 Å². The van der Waals surface area contributed by atoms with Crippen molar-refractivity contribution in [3.8, 4) is 0 Å². The van der Waals surface area contributed by atoms with Crippen LogP contribution in [0.15, 0.2) is 30.6 Å². The Morgan fingerprint density at radius 1 is 1.22 bits per heavy atom. The summed E-state index contributed by atoms with van der Waals surface area (Å²) in [5.41, 5.74) is 1.44. The van der Waals surface area contributed by atoms with E-state index >= 15 is 0 Å². The number of aromatic nitrogens is 2. The van der Waals surface area contributed by atoms with E-state index < -0.39 is 0 Å². The van der Waals surface area contributed by atoms with Crippen LogP contribution in [-0.4, -0.2) is 17.0 Å². The van der Waals surface area contributed by atoms with Crippen molar-refractivity contribution >= 4 is 34.7 Å². The summed E-state index contributed by atoms with van der Waals surface area (Å²) in [5.74, 6) is 0.530. The summed E-state index contributed by atoms with van der Waals surface area (Å²) in [7, 11) is 1.81. The maximum atomic E-state index is 12.9. The molecule has 18 heavy (non-hydrogen) atoms. The zero-order valence-electron chi connectivity index (χ0n) is 9.57. The quantitative estimate of drug-likeness (QED) is 0.635. The lowest BCUT2D eigenvalue weighted by atomic mass is 10.2. The Morgan fingerprint density at radius 2 is 1.89 bits per heavy atom. The highest BCUT2D eigenvalue weighted by atomic mass is 35.5. The van der Waals surface area contributed by atoms with E-state index in [1.807, 2.05) is 7.05 Å². The smallest absolute Gasteiger partial charge is 0.142 e. The van der Waals surface area contributed by atoms with E-state index in [1.165, 1.54) is 18.5 Å². The van der Waals surface area contributed by atoms with E-state index in [-0.39, 0.29) is 11.7 Å². The van der Waals surface area contributed by atoms with Gasteiger partial charge in [-0.15, -0.1) is 11.6 Å². The molecule has 0 fully saturated rings. The lowest BCUT2D eigenvalue weighted by Crippen LogP contribution is -2.14. The minimum absolute atomic E-state index is 0.209. The number of rotatable bonds is 3. The highest BCUT2D eigenvalue weighted by Gasteiger charge is 2.14. The van der Waals surface area contributed by atoms with Crippen LogP contribution in [0.25, 0.3) is 0 Å². The summed E-state index contributed by atoms with van der Waals surface area (Å²) >= 11 is 11.8. The Hall–Kier alpha value is -1.39. The van der Waals surface area contributed by atoms with E-state index in [9.17, 15) is 4.39 Å². The van der Waals surface area contributed by atoms with Gasteiger partial charge in [0.25, 0.3) is 0 Å². The molecule has 0 amide bonds. The maximum absolute atomic E-state index is 12.9. The molecule has 0 aliphatic carbocycles. The first kappa shape index (κ1) is 13.1. The summed E-state index contributed by atoms with van der Waals surface area (Å²) in [6, 6.07) is 6.08. The average Bonchev–Trinajstić information content (AvgIpc) is 2.38. The first-order chi connectivity index (χ1) is 8.63. The van der Waals surface area contributed by atoms with Crippen LogP contribution in [0.1, 0.15) is 5.56 Å². The molecule has 0 unspecified atom stereocenters. The minimum atomic E-state index is -0.287. The molecule has 0 saturated heterocycles. The lowest BCUT2D eigenvalue weighted by molar-refractivity contribution is 0.628. The highest BCUT2D eigenvalue weighted by molar-refractivity contribution is 6.31. The molecule has 2 aromatic rings. The van der Waals surface area contributed by atoms with Gasteiger partial charge in [-0.2, -0.15) is 0 Å². The van der Waals surface area contributed by atoms with Crippen molar-refractivity contribution in [3.05, 3.63) is 47.1 Å². The van der Waals surface area contributed by atoms with Crippen LogP contribution in [0.4, 0.5) is 15.9 Å². The summed E-state index contributed by atoms with van der Waals surface area (Å²) in [5, 5.41) is 0.323. The predicted octanol–water partition coefficient (Wildman–Crippen LogP) is 3.78. The van der Waals surface area contributed by atoms with Gasteiger partial charge in [0.15, 0.2) is 0 Å². The Balaban J connectivity index is 2.42. The molecular weight excluding hydrogens is 276 g/mol. The van der Waals surface area contributed by atoms with Crippen molar-refractivity contribution in [2.24, 2.45) is 0 Å². The van der Waals surface area contributed by atoms with Gasteiger partial charge in [0, 0.05) is 18.3 Å².